The number of rotatable bonds is 6. The van der Waals surface area contributed by atoms with Gasteiger partial charge in [0.1, 0.15) is 11.9 Å². The third kappa shape index (κ3) is 4.48. The lowest BCUT2D eigenvalue weighted by Crippen LogP contribution is -2.47. The lowest BCUT2D eigenvalue weighted by atomic mass is 9.88. The molecule has 3 rings (SSSR count). The van der Waals surface area contributed by atoms with Gasteiger partial charge < -0.3 is 4.42 Å². The Labute approximate surface area is 175 Å². The Hall–Kier alpha value is -2.48. The number of hydrogen-bond donors (Lipinski definition) is 2. The van der Waals surface area contributed by atoms with E-state index in [1.807, 2.05) is 6.92 Å². The Balaban J connectivity index is 1.96. The van der Waals surface area contributed by atoms with E-state index >= 15 is 0 Å². The molecule has 1 aromatic carbocycles. The minimum absolute atomic E-state index is 0.0413. The van der Waals surface area contributed by atoms with Gasteiger partial charge in [0, 0.05) is 24.9 Å². The van der Waals surface area contributed by atoms with E-state index in [2.05, 4.69) is 20.8 Å². The number of terminal acetylenes is 1. The van der Waals surface area contributed by atoms with Crippen LogP contribution in [0.5, 0.6) is 0 Å². The average Bonchev–Trinajstić information content (AvgIpc) is 3.15. The second kappa shape index (κ2) is 8.71. The largest absolute Gasteiger partial charge is 0.434 e. The molecule has 0 unspecified atom stereocenters. The monoisotopic (exact) mass is 436 g/mol. The number of benzene rings is 1. The van der Waals surface area contributed by atoms with Crippen LogP contribution in [-0.2, 0) is 10.2 Å². The summed E-state index contributed by atoms with van der Waals surface area (Å²) >= 11 is 0. The van der Waals surface area contributed by atoms with E-state index < -0.39 is 33.7 Å². The van der Waals surface area contributed by atoms with Crippen LogP contribution in [0.2, 0.25) is 0 Å². The fourth-order valence-corrected chi connectivity index (χ4v) is 5.24. The predicted molar refractivity (Wildman–Crippen MR) is 109 cm³/mol. The molecule has 0 amide bonds. The van der Waals surface area contributed by atoms with Crippen LogP contribution in [0.15, 0.2) is 21.3 Å². The molecule has 1 aliphatic rings. The Bertz CT molecular complexity index is 1110. The summed E-state index contributed by atoms with van der Waals surface area (Å²) < 4.78 is 49.7. The SMILES string of the molecule is C#CC1CCN(S(=O)(=O)N[C@H](c2n[nH]c(=O)o2)[C@H](C)c2c(F)ccc(C)c2C)CC1. The van der Waals surface area contributed by atoms with E-state index in [-0.39, 0.29) is 24.9 Å². The van der Waals surface area contributed by atoms with Gasteiger partial charge in [0.25, 0.3) is 10.2 Å². The maximum atomic E-state index is 14.7. The molecule has 8 nitrogen and oxygen atoms in total. The lowest BCUT2D eigenvalue weighted by molar-refractivity contribution is 0.299. The summed E-state index contributed by atoms with van der Waals surface area (Å²) in [5.41, 5.74) is 1.89. The van der Waals surface area contributed by atoms with E-state index in [1.165, 1.54) is 10.4 Å². The van der Waals surface area contributed by atoms with E-state index in [0.717, 1.165) is 5.56 Å². The number of nitrogens with one attached hydrogen (secondary N) is 2. The molecule has 0 bridgehead atoms. The van der Waals surface area contributed by atoms with Crippen molar-refractivity contribution in [2.45, 2.75) is 45.6 Å². The smallest absolute Gasteiger partial charge is 0.391 e. The van der Waals surface area contributed by atoms with Crippen molar-refractivity contribution >= 4 is 10.2 Å². The van der Waals surface area contributed by atoms with E-state index in [9.17, 15) is 17.6 Å². The Morgan fingerprint density at radius 1 is 1.37 bits per heavy atom. The number of halogens is 1. The molecule has 30 heavy (non-hydrogen) atoms. The van der Waals surface area contributed by atoms with Crippen LogP contribution in [0.3, 0.4) is 0 Å². The molecule has 1 aromatic heterocycles. The molecule has 2 atom stereocenters. The highest BCUT2D eigenvalue weighted by Gasteiger charge is 2.36. The summed E-state index contributed by atoms with van der Waals surface area (Å²) in [5.74, 6) is 0.548. The van der Waals surface area contributed by atoms with Crippen LogP contribution in [0.25, 0.3) is 0 Å². The molecule has 0 aliphatic carbocycles. The molecule has 2 aromatic rings. The van der Waals surface area contributed by atoms with Gasteiger partial charge in [-0.05, 0) is 49.4 Å². The van der Waals surface area contributed by atoms with Gasteiger partial charge >= 0.3 is 5.76 Å². The van der Waals surface area contributed by atoms with E-state index in [1.54, 1.807) is 19.9 Å². The summed E-state index contributed by atoms with van der Waals surface area (Å²) in [6, 6.07) is 1.91. The first kappa shape index (κ1) is 22.2. The van der Waals surface area contributed by atoms with Gasteiger partial charge in [0.05, 0.1) is 0 Å². The van der Waals surface area contributed by atoms with Crippen LogP contribution in [-0.4, -0.2) is 36.0 Å². The normalized spacial score (nSPS) is 18.1. The first-order valence-electron chi connectivity index (χ1n) is 9.68. The van der Waals surface area contributed by atoms with Gasteiger partial charge in [-0.2, -0.15) is 17.4 Å². The summed E-state index contributed by atoms with van der Waals surface area (Å²) in [6.45, 7) is 5.81. The maximum Gasteiger partial charge on any atom is 0.434 e. The molecule has 2 N–H and O–H groups in total. The highest BCUT2D eigenvalue weighted by molar-refractivity contribution is 7.87. The second-order valence-electron chi connectivity index (χ2n) is 7.58. The maximum absolute atomic E-state index is 14.7. The third-order valence-corrected chi connectivity index (χ3v) is 7.31. The number of H-pyrrole nitrogens is 1. The van der Waals surface area contributed by atoms with Crippen molar-refractivity contribution in [2.24, 2.45) is 5.92 Å². The predicted octanol–water partition coefficient (Wildman–Crippen LogP) is 2.14. The highest BCUT2D eigenvalue weighted by Crippen LogP contribution is 2.35. The first-order chi connectivity index (χ1) is 14.1. The first-order valence-corrected chi connectivity index (χ1v) is 11.1. The zero-order valence-electron chi connectivity index (χ0n) is 17.1. The quantitative estimate of drug-likeness (QED) is 0.675. The van der Waals surface area contributed by atoms with Gasteiger partial charge in [-0.15, -0.1) is 17.4 Å². The van der Waals surface area contributed by atoms with Crippen LogP contribution >= 0.6 is 0 Å². The van der Waals surface area contributed by atoms with Crippen molar-refractivity contribution < 1.29 is 17.2 Å². The number of aryl methyl sites for hydroxylation is 1. The average molecular weight is 437 g/mol. The van der Waals surface area contributed by atoms with Crippen molar-refractivity contribution in [1.29, 1.82) is 0 Å². The molecule has 1 saturated heterocycles. The second-order valence-corrected chi connectivity index (χ2v) is 9.29. The number of aromatic amines is 1. The van der Waals surface area contributed by atoms with Crippen LogP contribution in [0.4, 0.5) is 4.39 Å². The van der Waals surface area contributed by atoms with Crippen molar-refractivity contribution in [3.05, 3.63) is 51.1 Å². The fourth-order valence-electron chi connectivity index (χ4n) is 3.77. The van der Waals surface area contributed by atoms with Gasteiger partial charge in [-0.1, -0.05) is 13.0 Å². The highest BCUT2D eigenvalue weighted by atomic mass is 32.2. The number of piperidine rings is 1. The molecule has 162 valence electrons. The standard InChI is InChI=1S/C20H25FN4O4S/c1-5-15-8-10-25(11-9-15)30(27,28)24-18(19-22-23-20(26)29-19)14(4)17-13(3)12(2)6-7-16(17)21/h1,6-7,14-15,18,24H,8-11H2,2-4H3,(H,23,26)/t14-,18+/m1/s1. The molecular formula is C20H25FN4O4S. The van der Waals surface area contributed by atoms with Crippen LogP contribution in [0, 0.1) is 37.9 Å². The molecular weight excluding hydrogens is 411 g/mol. The zero-order valence-corrected chi connectivity index (χ0v) is 17.9. The third-order valence-electron chi connectivity index (χ3n) is 5.71. The van der Waals surface area contributed by atoms with Crippen molar-refractivity contribution in [3.63, 3.8) is 0 Å². The van der Waals surface area contributed by atoms with Crippen LogP contribution in [0.1, 0.15) is 54.3 Å². The van der Waals surface area contributed by atoms with E-state index in [4.69, 9.17) is 10.8 Å². The lowest BCUT2D eigenvalue weighted by Gasteiger charge is -2.32. The van der Waals surface area contributed by atoms with Gasteiger partial charge in [-0.3, -0.25) is 0 Å². The summed E-state index contributed by atoms with van der Waals surface area (Å²) in [4.78, 5) is 11.5. The Morgan fingerprint density at radius 3 is 2.60 bits per heavy atom. The van der Waals surface area contributed by atoms with Crippen molar-refractivity contribution in [2.75, 3.05) is 13.1 Å². The van der Waals surface area contributed by atoms with Gasteiger partial charge in [-0.25, -0.2) is 14.3 Å². The molecule has 1 aliphatic heterocycles. The Kier molecular flexibility index (Phi) is 6.45. The number of aromatic nitrogens is 2. The van der Waals surface area contributed by atoms with Gasteiger partial charge in [0.15, 0.2) is 0 Å². The molecule has 2 heterocycles. The molecule has 0 spiro atoms. The fraction of sp³-hybridized carbons (Fsp3) is 0.500. The van der Waals surface area contributed by atoms with Crippen LogP contribution < -0.4 is 10.5 Å². The summed E-state index contributed by atoms with van der Waals surface area (Å²) in [5, 5.41) is 5.94. The summed E-state index contributed by atoms with van der Waals surface area (Å²) in [7, 11) is -3.97. The number of hydrogen-bond acceptors (Lipinski definition) is 5. The number of nitrogens with zero attached hydrogens (tertiary/aromatic N) is 2. The minimum atomic E-state index is -3.97. The van der Waals surface area contributed by atoms with Gasteiger partial charge in [0.2, 0.25) is 5.89 Å². The summed E-state index contributed by atoms with van der Waals surface area (Å²) in [6.07, 6.45) is 6.55. The zero-order chi connectivity index (χ0) is 22.1. The molecule has 10 heteroatoms. The van der Waals surface area contributed by atoms with E-state index in [0.29, 0.717) is 24.0 Å². The van der Waals surface area contributed by atoms with Crippen molar-refractivity contribution in [1.82, 2.24) is 19.2 Å². The molecule has 0 saturated carbocycles. The minimum Gasteiger partial charge on any atom is -0.391 e. The Morgan fingerprint density at radius 2 is 2.03 bits per heavy atom. The molecule has 1 fully saturated rings. The molecule has 0 radical (unpaired) electrons. The van der Waals surface area contributed by atoms with Crippen molar-refractivity contribution in [3.8, 4) is 12.3 Å². The topological polar surface area (TPSA) is 108 Å².